The second-order valence-corrected chi connectivity index (χ2v) is 6.85. The van der Waals surface area contributed by atoms with Crippen LogP contribution in [-0.2, 0) is 0 Å². The monoisotopic (exact) mass is 290 g/mol. The van der Waals surface area contributed by atoms with E-state index in [2.05, 4.69) is 11.8 Å². The summed E-state index contributed by atoms with van der Waals surface area (Å²) in [6.45, 7) is 3.21. The van der Waals surface area contributed by atoms with Crippen molar-refractivity contribution in [2.45, 2.75) is 63.6 Å². The zero-order valence-corrected chi connectivity index (χ0v) is 13.0. The zero-order valence-electron chi connectivity index (χ0n) is 13.0. The molecule has 2 nitrogen and oxygen atoms in total. The van der Waals surface area contributed by atoms with E-state index in [0.717, 1.165) is 18.0 Å². The molecule has 0 spiro atoms. The number of halogens is 1. The normalized spacial score (nSPS) is 29.7. The van der Waals surface area contributed by atoms with Gasteiger partial charge in [-0.05, 0) is 62.8 Å². The largest absolute Gasteiger partial charge is 0.326 e. The van der Waals surface area contributed by atoms with Gasteiger partial charge in [-0.3, -0.25) is 4.90 Å². The fourth-order valence-corrected chi connectivity index (χ4v) is 4.47. The van der Waals surface area contributed by atoms with Crippen molar-refractivity contribution < 1.29 is 4.39 Å². The van der Waals surface area contributed by atoms with Gasteiger partial charge in [0, 0.05) is 18.1 Å². The molecule has 116 valence electrons. The van der Waals surface area contributed by atoms with Crippen molar-refractivity contribution in [3.05, 3.63) is 35.6 Å². The van der Waals surface area contributed by atoms with Crippen LogP contribution in [0.2, 0.25) is 0 Å². The van der Waals surface area contributed by atoms with Crippen LogP contribution in [0.5, 0.6) is 0 Å². The highest BCUT2D eigenvalue weighted by molar-refractivity contribution is 5.22. The minimum atomic E-state index is -0.170. The van der Waals surface area contributed by atoms with Crippen LogP contribution in [-0.4, -0.2) is 23.5 Å². The summed E-state index contributed by atoms with van der Waals surface area (Å²) in [6, 6.07) is 7.91. The Morgan fingerprint density at radius 1 is 1.10 bits per heavy atom. The van der Waals surface area contributed by atoms with Gasteiger partial charge < -0.3 is 5.73 Å². The second kappa shape index (κ2) is 6.45. The smallest absolute Gasteiger partial charge is 0.123 e. The molecule has 0 bridgehead atoms. The van der Waals surface area contributed by atoms with E-state index in [1.165, 1.54) is 38.5 Å². The number of nitrogens with zero attached hydrogens (tertiary/aromatic N) is 1. The first-order valence-corrected chi connectivity index (χ1v) is 8.43. The van der Waals surface area contributed by atoms with Gasteiger partial charge in [0.1, 0.15) is 5.82 Å². The van der Waals surface area contributed by atoms with Crippen LogP contribution in [0.15, 0.2) is 24.3 Å². The molecule has 4 unspecified atom stereocenters. The molecule has 1 aromatic carbocycles. The highest BCUT2D eigenvalue weighted by atomic mass is 19.1. The molecule has 1 aliphatic carbocycles. The van der Waals surface area contributed by atoms with Crippen molar-refractivity contribution in [3.8, 4) is 0 Å². The number of hydrogen-bond acceptors (Lipinski definition) is 2. The van der Waals surface area contributed by atoms with E-state index in [-0.39, 0.29) is 17.9 Å². The van der Waals surface area contributed by atoms with Crippen molar-refractivity contribution in [1.82, 2.24) is 4.90 Å². The Bertz CT molecular complexity index is 455. The summed E-state index contributed by atoms with van der Waals surface area (Å²) in [5, 5.41) is 0. The molecule has 3 rings (SSSR count). The first kappa shape index (κ1) is 15.0. The summed E-state index contributed by atoms with van der Waals surface area (Å²) < 4.78 is 13.2. The first-order chi connectivity index (χ1) is 10.2. The lowest BCUT2D eigenvalue weighted by atomic mass is 9.77. The summed E-state index contributed by atoms with van der Waals surface area (Å²) in [7, 11) is 0. The fourth-order valence-electron chi connectivity index (χ4n) is 4.47. The molecule has 1 saturated heterocycles. The summed E-state index contributed by atoms with van der Waals surface area (Å²) in [4.78, 5) is 2.63. The fraction of sp³-hybridized carbons (Fsp3) is 0.667. The minimum absolute atomic E-state index is 0.0659. The number of rotatable bonds is 3. The van der Waals surface area contributed by atoms with E-state index in [9.17, 15) is 4.39 Å². The van der Waals surface area contributed by atoms with Gasteiger partial charge >= 0.3 is 0 Å². The maximum Gasteiger partial charge on any atom is 0.123 e. The van der Waals surface area contributed by atoms with Crippen LogP contribution >= 0.6 is 0 Å². The van der Waals surface area contributed by atoms with Crippen LogP contribution in [0.1, 0.15) is 57.1 Å². The minimum Gasteiger partial charge on any atom is -0.326 e. The lowest BCUT2D eigenvalue weighted by Crippen LogP contribution is -2.52. The SMILES string of the molecule is CC(N)C(c1ccc(F)cc1)N1CCCC2CCCCC21. The number of likely N-dealkylation sites (tertiary alicyclic amines) is 1. The van der Waals surface area contributed by atoms with Crippen molar-refractivity contribution in [2.24, 2.45) is 11.7 Å². The molecule has 1 saturated carbocycles. The van der Waals surface area contributed by atoms with Gasteiger partial charge in [-0.25, -0.2) is 4.39 Å². The third kappa shape index (κ3) is 3.14. The van der Waals surface area contributed by atoms with Gasteiger partial charge in [-0.1, -0.05) is 25.0 Å². The van der Waals surface area contributed by atoms with E-state index in [1.807, 2.05) is 12.1 Å². The molecule has 0 amide bonds. The molecule has 0 aromatic heterocycles. The number of fused-ring (bicyclic) bond motifs is 1. The quantitative estimate of drug-likeness (QED) is 0.915. The van der Waals surface area contributed by atoms with Crippen molar-refractivity contribution in [2.75, 3.05) is 6.54 Å². The average molecular weight is 290 g/mol. The number of nitrogens with two attached hydrogens (primary N) is 1. The van der Waals surface area contributed by atoms with Crippen molar-refractivity contribution >= 4 is 0 Å². The molecular weight excluding hydrogens is 263 g/mol. The predicted molar refractivity (Wildman–Crippen MR) is 84.5 cm³/mol. The molecule has 4 atom stereocenters. The third-order valence-electron chi connectivity index (χ3n) is 5.35. The number of benzene rings is 1. The summed E-state index contributed by atoms with van der Waals surface area (Å²) in [5.41, 5.74) is 7.49. The van der Waals surface area contributed by atoms with Crippen LogP contribution < -0.4 is 5.73 Å². The number of hydrogen-bond donors (Lipinski definition) is 1. The molecule has 1 heterocycles. The molecular formula is C18H27FN2. The Hall–Kier alpha value is -0.930. The van der Waals surface area contributed by atoms with Crippen molar-refractivity contribution in [1.29, 1.82) is 0 Å². The van der Waals surface area contributed by atoms with Gasteiger partial charge in [0.2, 0.25) is 0 Å². The van der Waals surface area contributed by atoms with E-state index in [4.69, 9.17) is 5.73 Å². The van der Waals surface area contributed by atoms with Gasteiger partial charge in [-0.15, -0.1) is 0 Å². The molecule has 1 aromatic rings. The Labute approximate surface area is 127 Å². The van der Waals surface area contributed by atoms with E-state index in [1.54, 1.807) is 12.1 Å². The van der Waals surface area contributed by atoms with E-state index >= 15 is 0 Å². The second-order valence-electron chi connectivity index (χ2n) is 6.85. The Kier molecular flexibility index (Phi) is 4.60. The molecule has 0 radical (unpaired) electrons. The Morgan fingerprint density at radius 2 is 1.76 bits per heavy atom. The molecule has 2 fully saturated rings. The van der Waals surface area contributed by atoms with Crippen molar-refractivity contribution in [3.63, 3.8) is 0 Å². The highest BCUT2D eigenvalue weighted by Crippen LogP contribution is 2.40. The van der Waals surface area contributed by atoms with Gasteiger partial charge in [0.25, 0.3) is 0 Å². The van der Waals surface area contributed by atoms with Crippen LogP contribution in [0, 0.1) is 11.7 Å². The van der Waals surface area contributed by atoms with Crippen LogP contribution in [0.4, 0.5) is 4.39 Å². The standard InChI is InChI=1S/C18H27FN2/c1-13(20)18(15-8-10-16(19)11-9-15)21-12-4-6-14-5-2-3-7-17(14)21/h8-11,13-14,17-18H,2-7,12,20H2,1H3. The van der Waals surface area contributed by atoms with E-state index in [0.29, 0.717) is 6.04 Å². The Morgan fingerprint density at radius 3 is 2.48 bits per heavy atom. The van der Waals surface area contributed by atoms with Gasteiger partial charge in [-0.2, -0.15) is 0 Å². The van der Waals surface area contributed by atoms with E-state index < -0.39 is 0 Å². The predicted octanol–water partition coefficient (Wildman–Crippen LogP) is 3.87. The molecule has 2 aliphatic rings. The number of piperidine rings is 1. The molecule has 21 heavy (non-hydrogen) atoms. The summed E-state index contributed by atoms with van der Waals surface area (Å²) in [5.74, 6) is 0.672. The molecule has 2 N–H and O–H groups in total. The third-order valence-corrected chi connectivity index (χ3v) is 5.35. The maximum absolute atomic E-state index is 13.2. The zero-order chi connectivity index (χ0) is 14.8. The topological polar surface area (TPSA) is 29.3 Å². The van der Waals surface area contributed by atoms with Gasteiger partial charge in [0.05, 0.1) is 0 Å². The summed E-state index contributed by atoms with van der Waals surface area (Å²) >= 11 is 0. The molecule has 1 aliphatic heterocycles. The van der Waals surface area contributed by atoms with Crippen LogP contribution in [0.3, 0.4) is 0 Å². The lowest BCUT2D eigenvalue weighted by molar-refractivity contribution is 0.0178. The first-order valence-electron chi connectivity index (χ1n) is 8.43. The molecule has 3 heteroatoms. The summed E-state index contributed by atoms with van der Waals surface area (Å²) in [6.07, 6.45) is 8.04. The maximum atomic E-state index is 13.2. The highest BCUT2D eigenvalue weighted by Gasteiger charge is 2.38. The Balaban J connectivity index is 1.87. The lowest BCUT2D eigenvalue weighted by Gasteiger charge is -2.49. The average Bonchev–Trinajstić information content (AvgIpc) is 2.49. The van der Waals surface area contributed by atoms with Crippen LogP contribution in [0.25, 0.3) is 0 Å². The van der Waals surface area contributed by atoms with Gasteiger partial charge in [0.15, 0.2) is 0 Å².